The van der Waals surface area contributed by atoms with Gasteiger partial charge in [-0.15, -0.1) is 0 Å². The highest BCUT2D eigenvalue weighted by atomic mass is 16.5. The van der Waals surface area contributed by atoms with Gasteiger partial charge in [0.2, 0.25) is 0 Å². The first-order chi connectivity index (χ1) is 16.9. The number of pyridine rings is 1. The molecule has 0 bridgehead atoms. The van der Waals surface area contributed by atoms with E-state index in [-0.39, 0.29) is 5.91 Å². The number of hydrogen-bond acceptors (Lipinski definition) is 6. The molecule has 0 atom stereocenters. The van der Waals surface area contributed by atoms with Crippen molar-refractivity contribution in [2.24, 2.45) is 5.92 Å². The Morgan fingerprint density at radius 2 is 1.71 bits per heavy atom. The van der Waals surface area contributed by atoms with E-state index in [4.69, 9.17) is 14.6 Å². The van der Waals surface area contributed by atoms with Crippen LogP contribution in [0.1, 0.15) is 28.9 Å². The maximum atomic E-state index is 12.8. The van der Waals surface area contributed by atoms with E-state index in [0.29, 0.717) is 37.9 Å². The van der Waals surface area contributed by atoms with Crippen molar-refractivity contribution in [1.29, 1.82) is 0 Å². The average molecular weight is 483 g/mol. The topological polar surface area (TPSA) is 95.4 Å². The van der Waals surface area contributed by atoms with Crippen LogP contribution in [0.2, 0.25) is 0 Å². The van der Waals surface area contributed by atoms with Crippen LogP contribution in [-0.4, -0.2) is 96.8 Å². The Kier molecular flexibility index (Phi) is 8.20. The zero-order valence-corrected chi connectivity index (χ0v) is 20.5. The van der Waals surface area contributed by atoms with E-state index in [1.165, 1.54) is 4.90 Å². The molecule has 2 amide bonds. The molecule has 1 aromatic heterocycles. The first-order valence-corrected chi connectivity index (χ1v) is 12.1. The maximum Gasteiger partial charge on any atom is 0.407 e. The van der Waals surface area contributed by atoms with E-state index in [2.05, 4.69) is 16.9 Å². The summed E-state index contributed by atoms with van der Waals surface area (Å²) in [6.07, 6.45) is 2.49. The van der Waals surface area contributed by atoms with Crippen LogP contribution in [0.4, 0.5) is 4.79 Å². The van der Waals surface area contributed by atoms with Gasteiger partial charge in [0.1, 0.15) is 11.4 Å². The fourth-order valence-corrected chi connectivity index (χ4v) is 4.53. The average Bonchev–Trinajstić information content (AvgIpc) is 2.88. The number of amides is 2. The van der Waals surface area contributed by atoms with Crippen molar-refractivity contribution in [3.05, 3.63) is 47.8 Å². The Labute approximate surface area is 206 Å². The zero-order valence-electron chi connectivity index (χ0n) is 20.5. The number of aromatic nitrogens is 1. The molecule has 2 fully saturated rings. The van der Waals surface area contributed by atoms with E-state index in [1.807, 2.05) is 29.2 Å². The monoisotopic (exact) mass is 482 g/mol. The molecule has 0 saturated carbocycles. The summed E-state index contributed by atoms with van der Waals surface area (Å²) in [4.78, 5) is 33.9. The molecule has 2 aromatic rings. The van der Waals surface area contributed by atoms with E-state index < -0.39 is 6.09 Å². The normalized spacial score (nSPS) is 17.4. The molecule has 0 unspecified atom stereocenters. The van der Waals surface area contributed by atoms with Crippen molar-refractivity contribution < 1.29 is 24.2 Å². The van der Waals surface area contributed by atoms with Gasteiger partial charge in [-0.2, -0.15) is 0 Å². The van der Waals surface area contributed by atoms with Crippen molar-refractivity contribution >= 4 is 12.0 Å². The molecule has 188 valence electrons. The van der Waals surface area contributed by atoms with Crippen LogP contribution < -0.4 is 4.74 Å². The number of hydrogen-bond donors (Lipinski definition) is 1. The van der Waals surface area contributed by atoms with Crippen LogP contribution in [0.3, 0.4) is 0 Å². The fourth-order valence-electron chi connectivity index (χ4n) is 4.53. The zero-order chi connectivity index (χ0) is 24.8. The molecule has 9 heteroatoms. The van der Waals surface area contributed by atoms with Crippen LogP contribution in [-0.2, 0) is 11.3 Å². The smallest absolute Gasteiger partial charge is 0.407 e. The van der Waals surface area contributed by atoms with Gasteiger partial charge in [-0.1, -0.05) is 12.1 Å². The highest BCUT2D eigenvalue weighted by molar-refractivity contribution is 5.92. The number of piperidine rings is 1. The molecule has 4 rings (SSSR count). The van der Waals surface area contributed by atoms with Crippen molar-refractivity contribution in [1.82, 2.24) is 19.7 Å². The van der Waals surface area contributed by atoms with Crippen LogP contribution in [0, 0.1) is 5.92 Å². The van der Waals surface area contributed by atoms with Crippen LogP contribution in [0.15, 0.2) is 36.5 Å². The Morgan fingerprint density at radius 3 is 2.34 bits per heavy atom. The van der Waals surface area contributed by atoms with Gasteiger partial charge in [-0.05, 0) is 49.6 Å². The predicted octanol–water partition coefficient (Wildman–Crippen LogP) is 3.05. The quantitative estimate of drug-likeness (QED) is 0.648. The van der Waals surface area contributed by atoms with Crippen molar-refractivity contribution in [2.45, 2.75) is 19.4 Å². The highest BCUT2D eigenvalue weighted by Gasteiger charge is 2.23. The highest BCUT2D eigenvalue weighted by Crippen LogP contribution is 2.29. The molecule has 1 N–H and O–H groups in total. The van der Waals surface area contributed by atoms with E-state index >= 15 is 0 Å². The second kappa shape index (κ2) is 11.5. The number of ether oxygens (including phenoxy) is 2. The molecule has 2 aliphatic heterocycles. The Morgan fingerprint density at radius 1 is 1.00 bits per heavy atom. The number of carbonyl (C=O) groups excluding carboxylic acids is 1. The molecule has 2 saturated heterocycles. The predicted molar refractivity (Wildman–Crippen MR) is 132 cm³/mol. The number of benzene rings is 1. The summed E-state index contributed by atoms with van der Waals surface area (Å²) in [7, 11) is 3.71. The van der Waals surface area contributed by atoms with Gasteiger partial charge >= 0.3 is 6.09 Å². The second-order valence-corrected chi connectivity index (χ2v) is 9.31. The van der Waals surface area contributed by atoms with E-state index in [9.17, 15) is 9.59 Å². The summed E-state index contributed by atoms with van der Waals surface area (Å²) < 4.78 is 11.5. The Bertz CT molecular complexity index is 1010. The standard InChI is InChI=1S/C26H34N4O5/c1-28-11-13-29(14-12-28)25(31)23-5-3-21(16-27-23)20-4-6-24(22(15-20)18-34-2)35-17-19-7-9-30(10-8-19)26(32)33/h3-6,15-16,19H,7-14,17-18H2,1-2H3,(H,32,33). The van der Waals surface area contributed by atoms with Crippen molar-refractivity contribution in [3.8, 4) is 16.9 Å². The Balaban J connectivity index is 1.40. The lowest BCUT2D eigenvalue weighted by molar-refractivity contribution is 0.0658. The molecule has 3 heterocycles. The second-order valence-electron chi connectivity index (χ2n) is 9.31. The Hall–Kier alpha value is -3.17. The number of carboxylic acid groups (broad SMARTS) is 1. The van der Waals surface area contributed by atoms with Gasteiger partial charge in [0.05, 0.1) is 13.2 Å². The molecule has 1 aromatic carbocycles. The van der Waals surface area contributed by atoms with Crippen molar-refractivity contribution in [3.63, 3.8) is 0 Å². The first-order valence-electron chi connectivity index (χ1n) is 12.1. The minimum Gasteiger partial charge on any atom is -0.493 e. The maximum absolute atomic E-state index is 12.8. The summed E-state index contributed by atoms with van der Waals surface area (Å²) in [5, 5.41) is 9.11. The van der Waals surface area contributed by atoms with E-state index in [0.717, 1.165) is 61.5 Å². The van der Waals surface area contributed by atoms with Crippen LogP contribution >= 0.6 is 0 Å². The SMILES string of the molecule is COCc1cc(-c2ccc(C(=O)N3CCN(C)CC3)nc2)ccc1OCC1CCN(C(=O)O)CC1. The minimum atomic E-state index is -0.853. The molecule has 0 aliphatic carbocycles. The number of nitrogens with zero attached hydrogens (tertiary/aromatic N) is 4. The van der Waals surface area contributed by atoms with Crippen LogP contribution in [0.25, 0.3) is 11.1 Å². The number of carbonyl (C=O) groups is 2. The lowest BCUT2D eigenvalue weighted by atomic mass is 9.98. The molecule has 35 heavy (non-hydrogen) atoms. The van der Waals surface area contributed by atoms with Gasteiger partial charge in [0.25, 0.3) is 5.91 Å². The molecule has 0 spiro atoms. The molecule has 2 aliphatic rings. The van der Waals surface area contributed by atoms with Gasteiger partial charge in [-0.25, -0.2) is 4.79 Å². The number of likely N-dealkylation sites (N-methyl/N-ethyl adjacent to an activating group) is 1. The summed E-state index contributed by atoms with van der Waals surface area (Å²) in [5.74, 6) is 1.07. The first kappa shape index (κ1) is 24.9. The largest absolute Gasteiger partial charge is 0.493 e. The van der Waals surface area contributed by atoms with Gasteiger partial charge in [0, 0.05) is 63.7 Å². The third-order valence-electron chi connectivity index (χ3n) is 6.83. The summed E-state index contributed by atoms with van der Waals surface area (Å²) in [6.45, 7) is 5.26. The number of rotatable bonds is 7. The number of piperazine rings is 1. The lowest BCUT2D eigenvalue weighted by Crippen LogP contribution is -2.47. The molecule has 0 radical (unpaired) electrons. The third-order valence-corrected chi connectivity index (χ3v) is 6.83. The van der Waals surface area contributed by atoms with E-state index in [1.54, 1.807) is 19.4 Å². The number of methoxy groups -OCH3 is 1. The summed E-state index contributed by atoms with van der Waals surface area (Å²) in [5.41, 5.74) is 3.30. The summed E-state index contributed by atoms with van der Waals surface area (Å²) >= 11 is 0. The lowest BCUT2D eigenvalue weighted by Gasteiger charge is -2.32. The van der Waals surface area contributed by atoms with Gasteiger partial charge in [-0.3, -0.25) is 9.78 Å². The summed E-state index contributed by atoms with van der Waals surface area (Å²) in [6, 6.07) is 9.68. The molecular formula is C26H34N4O5. The van der Waals surface area contributed by atoms with Gasteiger partial charge < -0.3 is 29.3 Å². The fraction of sp³-hybridized carbons (Fsp3) is 0.500. The van der Waals surface area contributed by atoms with Crippen LogP contribution in [0.5, 0.6) is 5.75 Å². The minimum absolute atomic E-state index is 0.0253. The molecule has 9 nitrogen and oxygen atoms in total. The number of likely N-dealkylation sites (tertiary alicyclic amines) is 1. The third kappa shape index (κ3) is 6.29. The molecular weight excluding hydrogens is 448 g/mol. The van der Waals surface area contributed by atoms with Gasteiger partial charge in [0.15, 0.2) is 0 Å². The van der Waals surface area contributed by atoms with Crippen molar-refractivity contribution in [2.75, 3.05) is 60.0 Å².